The molecule has 2 heteroatoms. The molecule has 2 heterocycles. The molecule has 2 saturated heterocycles. The summed E-state index contributed by atoms with van der Waals surface area (Å²) in [6, 6.07) is 0.878. The van der Waals surface area contributed by atoms with E-state index in [1.54, 1.807) is 0 Å². The van der Waals surface area contributed by atoms with Crippen LogP contribution in [0.5, 0.6) is 0 Å². The zero-order valence-corrected chi connectivity index (χ0v) is 10.6. The number of rotatable bonds is 4. The quantitative estimate of drug-likeness (QED) is 0.703. The minimum atomic E-state index is 0.435. The van der Waals surface area contributed by atoms with Gasteiger partial charge in [-0.15, -0.1) is 0 Å². The second-order valence-electron chi connectivity index (χ2n) is 5.86. The fraction of sp³-hybridized carbons (Fsp3) is 1.00. The van der Waals surface area contributed by atoms with Crippen LogP contribution >= 0.6 is 0 Å². The average Bonchev–Trinajstić information content (AvgIpc) is 2.53. The Morgan fingerprint density at radius 3 is 2.27 bits per heavy atom. The van der Waals surface area contributed by atoms with E-state index in [0.717, 1.165) is 6.04 Å². The van der Waals surface area contributed by atoms with Crippen molar-refractivity contribution in [2.45, 2.75) is 58.0 Å². The molecular formula is C13H26N2. The van der Waals surface area contributed by atoms with E-state index in [1.807, 2.05) is 0 Å². The maximum atomic E-state index is 2.69. The molecule has 0 N–H and O–H groups in total. The van der Waals surface area contributed by atoms with Crippen LogP contribution in [0, 0.1) is 0 Å². The van der Waals surface area contributed by atoms with Crippen LogP contribution in [0.3, 0.4) is 0 Å². The second kappa shape index (κ2) is 4.42. The summed E-state index contributed by atoms with van der Waals surface area (Å²) in [6.45, 7) is 12.4. The van der Waals surface area contributed by atoms with Gasteiger partial charge in [-0.05, 0) is 46.2 Å². The number of nitrogens with zero attached hydrogens (tertiary/aromatic N) is 2. The molecule has 88 valence electrons. The van der Waals surface area contributed by atoms with Crippen molar-refractivity contribution in [2.24, 2.45) is 0 Å². The highest BCUT2D eigenvalue weighted by Gasteiger charge is 2.39. The molecule has 0 radical (unpaired) electrons. The Labute approximate surface area is 94.6 Å². The van der Waals surface area contributed by atoms with E-state index in [9.17, 15) is 0 Å². The summed E-state index contributed by atoms with van der Waals surface area (Å²) in [4.78, 5) is 5.36. The Morgan fingerprint density at radius 2 is 1.73 bits per heavy atom. The molecule has 2 rings (SSSR count). The third-order valence-electron chi connectivity index (χ3n) is 4.24. The van der Waals surface area contributed by atoms with Crippen LogP contribution in [0.15, 0.2) is 0 Å². The SMILES string of the molecule is CCCC(C)(C)N1CC(N2CCCC2)C1. The van der Waals surface area contributed by atoms with Gasteiger partial charge in [0.1, 0.15) is 0 Å². The van der Waals surface area contributed by atoms with E-state index in [4.69, 9.17) is 0 Å². The van der Waals surface area contributed by atoms with Crippen molar-refractivity contribution in [3.8, 4) is 0 Å². The van der Waals surface area contributed by atoms with E-state index in [1.165, 1.54) is 51.9 Å². The van der Waals surface area contributed by atoms with Gasteiger partial charge in [0.05, 0.1) is 0 Å². The molecule has 0 aromatic rings. The Bertz CT molecular complexity index is 201. The highest BCUT2D eigenvalue weighted by molar-refractivity contribution is 4.96. The van der Waals surface area contributed by atoms with Crippen molar-refractivity contribution >= 4 is 0 Å². The molecular weight excluding hydrogens is 184 g/mol. The zero-order chi connectivity index (χ0) is 10.9. The first-order valence-electron chi connectivity index (χ1n) is 6.62. The van der Waals surface area contributed by atoms with Crippen LogP contribution in [0.1, 0.15) is 46.5 Å². The molecule has 0 spiro atoms. The lowest BCUT2D eigenvalue weighted by atomic mass is 9.91. The minimum Gasteiger partial charge on any atom is -0.298 e. The van der Waals surface area contributed by atoms with Gasteiger partial charge < -0.3 is 0 Å². The van der Waals surface area contributed by atoms with Gasteiger partial charge in [-0.3, -0.25) is 9.80 Å². The van der Waals surface area contributed by atoms with Crippen molar-refractivity contribution in [2.75, 3.05) is 26.2 Å². The molecule has 15 heavy (non-hydrogen) atoms. The summed E-state index contributed by atoms with van der Waals surface area (Å²) in [5, 5.41) is 0. The smallest absolute Gasteiger partial charge is 0.0350 e. The fourth-order valence-electron chi connectivity index (χ4n) is 3.06. The molecule has 0 bridgehead atoms. The summed E-state index contributed by atoms with van der Waals surface area (Å²) in [7, 11) is 0. The summed E-state index contributed by atoms with van der Waals surface area (Å²) < 4.78 is 0. The van der Waals surface area contributed by atoms with Crippen molar-refractivity contribution in [3.05, 3.63) is 0 Å². The Hall–Kier alpha value is -0.0800. The lowest BCUT2D eigenvalue weighted by Gasteiger charge is -2.52. The normalized spacial score (nSPS) is 25.8. The van der Waals surface area contributed by atoms with Gasteiger partial charge in [0.25, 0.3) is 0 Å². The van der Waals surface area contributed by atoms with Gasteiger partial charge in [0, 0.05) is 24.7 Å². The molecule has 0 aliphatic carbocycles. The molecule has 2 aliphatic heterocycles. The van der Waals surface area contributed by atoms with E-state index in [2.05, 4.69) is 30.6 Å². The molecule has 0 saturated carbocycles. The molecule has 0 amide bonds. The molecule has 0 unspecified atom stereocenters. The largest absolute Gasteiger partial charge is 0.298 e. The lowest BCUT2D eigenvalue weighted by molar-refractivity contribution is -0.0252. The average molecular weight is 210 g/mol. The minimum absolute atomic E-state index is 0.435. The van der Waals surface area contributed by atoms with E-state index < -0.39 is 0 Å². The van der Waals surface area contributed by atoms with Gasteiger partial charge >= 0.3 is 0 Å². The van der Waals surface area contributed by atoms with Crippen LogP contribution in [-0.4, -0.2) is 47.6 Å². The van der Waals surface area contributed by atoms with Gasteiger partial charge in [0.2, 0.25) is 0 Å². The lowest BCUT2D eigenvalue weighted by Crippen LogP contribution is -2.64. The van der Waals surface area contributed by atoms with E-state index in [0.29, 0.717) is 5.54 Å². The van der Waals surface area contributed by atoms with Crippen LogP contribution < -0.4 is 0 Å². The Kier molecular flexibility index (Phi) is 3.36. The summed E-state index contributed by atoms with van der Waals surface area (Å²) >= 11 is 0. The molecule has 0 aromatic carbocycles. The standard InChI is InChI=1S/C13H26N2/c1-4-7-13(2,3)15-10-12(11-15)14-8-5-6-9-14/h12H,4-11H2,1-3H3. The maximum Gasteiger partial charge on any atom is 0.0350 e. The van der Waals surface area contributed by atoms with Crippen LogP contribution in [0.2, 0.25) is 0 Å². The fourth-order valence-corrected chi connectivity index (χ4v) is 3.06. The van der Waals surface area contributed by atoms with E-state index in [-0.39, 0.29) is 0 Å². The van der Waals surface area contributed by atoms with Gasteiger partial charge in [-0.1, -0.05) is 13.3 Å². The molecule has 2 fully saturated rings. The molecule has 0 atom stereocenters. The summed E-state index contributed by atoms with van der Waals surface area (Å²) in [5.41, 5.74) is 0.435. The van der Waals surface area contributed by atoms with E-state index >= 15 is 0 Å². The van der Waals surface area contributed by atoms with Crippen molar-refractivity contribution in [1.29, 1.82) is 0 Å². The third-order valence-corrected chi connectivity index (χ3v) is 4.24. The van der Waals surface area contributed by atoms with Gasteiger partial charge in [0.15, 0.2) is 0 Å². The predicted octanol–water partition coefficient (Wildman–Crippen LogP) is 2.35. The Morgan fingerprint density at radius 1 is 1.13 bits per heavy atom. The van der Waals surface area contributed by atoms with Crippen molar-refractivity contribution in [1.82, 2.24) is 9.80 Å². The summed E-state index contributed by atoms with van der Waals surface area (Å²) in [6.07, 6.45) is 5.49. The first kappa shape index (κ1) is 11.4. The van der Waals surface area contributed by atoms with Gasteiger partial charge in [-0.2, -0.15) is 0 Å². The first-order valence-corrected chi connectivity index (χ1v) is 6.62. The van der Waals surface area contributed by atoms with Crippen LogP contribution in [-0.2, 0) is 0 Å². The van der Waals surface area contributed by atoms with Gasteiger partial charge in [-0.25, -0.2) is 0 Å². The molecule has 0 aromatic heterocycles. The third kappa shape index (κ3) is 2.36. The first-order chi connectivity index (χ1) is 7.13. The van der Waals surface area contributed by atoms with Crippen LogP contribution in [0.25, 0.3) is 0 Å². The number of likely N-dealkylation sites (tertiary alicyclic amines) is 2. The highest BCUT2D eigenvalue weighted by atomic mass is 15.3. The Balaban J connectivity index is 1.76. The maximum absolute atomic E-state index is 2.69. The molecule has 2 nitrogen and oxygen atoms in total. The van der Waals surface area contributed by atoms with Crippen LogP contribution in [0.4, 0.5) is 0 Å². The number of hydrogen-bond donors (Lipinski definition) is 0. The highest BCUT2D eigenvalue weighted by Crippen LogP contribution is 2.29. The van der Waals surface area contributed by atoms with Crippen molar-refractivity contribution in [3.63, 3.8) is 0 Å². The molecule has 2 aliphatic rings. The summed E-state index contributed by atoms with van der Waals surface area (Å²) in [5.74, 6) is 0. The topological polar surface area (TPSA) is 6.48 Å². The predicted molar refractivity (Wildman–Crippen MR) is 65.2 cm³/mol. The van der Waals surface area contributed by atoms with Crippen molar-refractivity contribution < 1.29 is 0 Å². The monoisotopic (exact) mass is 210 g/mol. The zero-order valence-electron chi connectivity index (χ0n) is 10.6. The second-order valence-corrected chi connectivity index (χ2v) is 5.86. The number of hydrogen-bond acceptors (Lipinski definition) is 2.